The molecular weight excluding hydrogens is 426 g/mol. The molecule has 0 aliphatic rings. The number of aromatic hydroxyl groups is 1. The minimum absolute atomic E-state index is 0.0224. The van der Waals surface area contributed by atoms with Crippen LogP contribution in [-0.4, -0.2) is 32.4 Å². The molecule has 8 heteroatoms. The van der Waals surface area contributed by atoms with Crippen LogP contribution < -0.4 is 5.43 Å². The van der Waals surface area contributed by atoms with E-state index in [1.165, 1.54) is 12.1 Å². The highest BCUT2D eigenvalue weighted by molar-refractivity contribution is 7.15. The Bertz CT molecular complexity index is 1400. The minimum Gasteiger partial charge on any atom is -0.494 e. The monoisotopic (exact) mass is 447 g/mol. The molecule has 4 aromatic rings. The highest BCUT2D eigenvalue weighted by Gasteiger charge is 2.20. The number of fused-ring (bicyclic) bond motifs is 1. The third kappa shape index (κ3) is 3.76. The Morgan fingerprint density at radius 1 is 1.00 bits per heavy atom. The predicted octanol–water partition coefficient (Wildman–Crippen LogP) is 4.87. The van der Waals surface area contributed by atoms with Crippen molar-refractivity contribution in [1.29, 1.82) is 0 Å². The van der Waals surface area contributed by atoms with E-state index in [-0.39, 0.29) is 15.6 Å². The van der Waals surface area contributed by atoms with Crippen molar-refractivity contribution in [1.82, 2.24) is 9.99 Å². The topological polar surface area (TPSA) is 104 Å². The van der Waals surface area contributed by atoms with Gasteiger partial charge in [0.2, 0.25) is 5.88 Å². The van der Waals surface area contributed by atoms with Crippen LogP contribution in [0.5, 0.6) is 5.88 Å². The number of carbonyl (C=O) groups excluding carboxylic acids is 1. The average molecular weight is 448 g/mol. The Morgan fingerprint density at radius 3 is 2.41 bits per heavy atom. The fourth-order valence-corrected chi connectivity index (χ4v) is 4.26. The number of benzene rings is 2. The van der Waals surface area contributed by atoms with E-state index < -0.39 is 11.9 Å². The van der Waals surface area contributed by atoms with Crippen LogP contribution in [0.25, 0.3) is 16.6 Å². The Hall–Kier alpha value is -3.91. The summed E-state index contributed by atoms with van der Waals surface area (Å²) in [4.78, 5) is 23.7. The second-order valence-electron chi connectivity index (χ2n) is 7.43. The minimum atomic E-state index is -1.09. The molecule has 0 saturated carbocycles. The summed E-state index contributed by atoms with van der Waals surface area (Å²) in [6.45, 7) is 5.75. The summed E-state index contributed by atoms with van der Waals surface area (Å²) in [5.41, 5.74) is 7.29. The number of aryl methyl sites for hydroxylation is 2. The summed E-state index contributed by atoms with van der Waals surface area (Å²) in [6.07, 6.45) is 0. The third-order valence-corrected chi connectivity index (χ3v) is 6.40. The molecule has 2 aromatic heterocycles. The average Bonchev–Trinajstić information content (AvgIpc) is 3.37. The van der Waals surface area contributed by atoms with Crippen molar-refractivity contribution in [3.63, 3.8) is 0 Å². The van der Waals surface area contributed by atoms with Crippen LogP contribution in [0.1, 0.15) is 43.0 Å². The van der Waals surface area contributed by atoms with Crippen molar-refractivity contribution < 1.29 is 19.8 Å². The van der Waals surface area contributed by atoms with Crippen LogP contribution in [0.15, 0.2) is 59.7 Å². The second kappa shape index (κ2) is 8.32. The number of carboxylic acids is 1. The molecule has 3 N–H and O–H groups in total. The first-order chi connectivity index (χ1) is 15.3. The van der Waals surface area contributed by atoms with Gasteiger partial charge in [0.15, 0.2) is 0 Å². The van der Waals surface area contributed by atoms with Crippen molar-refractivity contribution in [2.75, 3.05) is 0 Å². The molecule has 1 amide bonds. The number of para-hydroxylation sites is 1. The van der Waals surface area contributed by atoms with Gasteiger partial charge in [-0.1, -0.05) is 24.3 Å². The van der Waals surface area contributed by atoms with Gasteiger partial charge >= 0.3 is 5.97 Å². The lowest BCUT2D eigenvalue weighted by atomic mass is 10.1. The molecule has 0 fully saturated rings. The quantitative estimate of drug-likeness (QED) is 0.300. The first-order valence-corrected chi connectivity index (χ1v) is 10.7. The van der Waals surface area contributed by atoms with Gasteiger partial charge in [-0.2, -0.15) is 5.10 Å². The Labute approximate surface area is 188 Å². The third-order valence-electron chi connectivity index (χ3n) is 5.33. The number of aromatic nitrogens is 1. The van der Waals surface area contributed by atoms with Gasteiger partial charge in [-0.05, 0) is 62.2 Å². The molecule has 0 aliphatic carbocycles. The lowest BCUT2D eigenvalue weighted by Gasteiger charge is -2.10. The lowest BCUT2D eigenvalue weighted by Crippen LogP contribution is -2.18. The number of carbonyl (C=O) groups is 2. The van der Waals surface area contributed by atoms with Crippen LogP contribution in [0, 0.1) is 13.8 Å². The van der Waals surface area contributed by atoms with Crippen molar-refractivity contribution in [2.45, 2.75) is 20.8 Å². The van der Waals surface area contributed by atoms with Crippen molar-refractivity contribution in [3.05, 3.63) is 81.0 Å². The summed E-state index contributed by atoms with van der Waals surface area (Å²) in [5.74, 6) is -1.58. The highest BCUT2D eigenvalue weighted by Crippen LogP contribution is 2.35. The number of hydrazone groups is 1. The van der Waals surface area contributed by atoms with Crippen molar-refractivity contribution in [2.24, 2.45) is 5.10 Å². The van der Waals surface area contributed by atoms with Crippen LogP contribution >= 0.6 is 11.3 Å². The maximum atomic E-state index is 12.4. The SMILES string of the molecule is C/C(=N\NC(=O)c1ccc(C(=O)O)s1)c1c(O)n(-c2ccc(C)c(C)c2)c2ccccc12. The smallest absolute Gasteiger partial charge is 0.345 e. The van der Waals surface area contributed by atoms with E-state index in [1.807, 2.05) is 56.3 Å². The van der Waals surface area contributed by atoms with Crippen molar-refractivity contribution in [3.8, 4) is 11.6 Å². The zero-order valence-electron chi connectivity index (χ0n) is 17.7. The normalized spacial score (nSPS) is 11.7. The van der Waals surface area contributed by atoms with Gasteiger partial charge in [0.25, 0.3) is 5.91 Å². The fourth-order valence-electron chi connectivity index (χ4n) is 3.53. The van der Waals surface area contributed by atoms with Gasteiger partial charge in [-0.15, -0.1) is 11.3 Å². The van der Waals surface area contributed by atoms with Gasteiger partial charge in [0.05, 0.1) is 21.7 Å². The standard InChI is InChI=1S/C24H21N3O4S/c1-13-8-9-16(12-14(13)2)27-18-7-5-4-6-17(18)21(23(27)29)15(3)25-26-22(28)19-10-11-20(32-19)24(30)31/h4-12,29H,1-3H3,(H,26,28)(H,30,31)/b25-15+. The Kier molecular flexibility index (Phi) is 5.54. The van der Waals surface area contributed by atoms with Gasteiger partial charge in [0.1, 0.15) is 4.88 Å². The summed E-state index contributed by atoms with van der Waals surface area (Å²) >= 11 is 0.872. The van der Waals surface area contributed by atoms with E-state index in [1.54, 1.807) is 11.5 Å². The molecule has 0 bridgehead atoms. The summed E-state index contributed by atoms with van der Waals surface area (Å²) < 4.78 is 1.76. The fraction of sp³-hybridized carbons (Fsp3) is 0.125. The van der Waals surface area contributed by atoms with Crippen molar-refractivity contribution >= 4 is 39.8 Å². The molecule has 0 radical (unpaired) electrons. The maximum Gasteiger partial charge on any atom is 0.345 e. The van der Waals surface area contributed by atoms with Gasteiger partial charge in [0, 0.05) is 11.1 Å². The number of nitrogens with zero attached hydrogens (tertiary/aromatic N) is 2. The number of nitrogens with one attached hydrogen (secondary N) is 1. The predicted molar refractivity (Wildman–Crippen MR) is 125 cm³/mol. The molecule has 7 nitrogen and oxygen atoms in total. The van der Waals surface area contributed by atoms with Gasteiger partial charge in [-0.25, -0.2) is 10.2 Å². The summed E-state index contributed by atoms with van der Waals surface area (Å²) in [6, 6.07) is 16.4. The largest absolute Gasteiger partial charge is 0.494 e. The maximum absolute atomic E-state index is 12.4. The molecule has 2 heterocycles. The molecular formula is C24H21N3O4S. The zero-order valence-corrected chi connectivity index (χ0v) is 18.5. The van der Waals surface area contributed by atoms with E-state index in [9.17, 15) is 14.7 Å². The number of amides is 1. The Balaban J connectivity index is 1.73. The van der Waals surface area contributed by atoms with Gasteiger partial charge in [-0.3, -0.25) is 9.36 Å². The number of rotatable bonds is 5. The molecule has 32 heavy (non-hydrogen) atoms. The first kappa shape index (κ1) is 21.3. The summed E-state index contributed by atoms with van der Waals surface area (Å²) in [7, 11) is 0. The van der Waals surface area contributed by atoms with E-state index in [2.05, 4.69) is 10.5 Å². The molecule has 0 aliphatic heterocycles. The Morgan fingerprint density at radius 2 is 1.72 bits per heavy atom. The second-order valence-corrected chi connectivity index (χ2v) is 8.51. The number of thiophene rings is 1. The molecule has 0 saturated heterocycles. The molecule has 0 unspecified atom stereocenters. The number of aromatic carboxylic acids is 1. The zero-order chi connectivity index (χ0) is 23.0. The van der Waals surface area contributed by atoms with Crippen LogP contribution in [0.2, 0.25) is 0 Å². The van der Waals surface area contributed by atoms with E-state index in [0.717, 1.165) is 39.1 Å². The van der Waals surface area contributed by atoms with E-state index >= 15 is 0 Å². The van der Waals surface area contributed by atoms with Crippen LogP contribution in [-0.2, 0) is 0 Å². The van der Waals surface area contributed by atoms with E-state index in [0.29, 0.717) is 11.3 Å². The number of carboxylic acid groups (broad SMARTS) is 1. The molecule has 0 atom stereocenters. The van der Waals surface area contributed by atoms with Crippen LogP contribution in [0.3, 0.4) is 0 Å². The van der Waals surface area contributed by atoms with E-state index in [4.69, 9.17) is 5.11 Å². The number of hydrogen-bond donors (Lipinski definition) is 3. The molecule has 4 rings (SSSR count). The number of hydrogen-bond acceptors (Lipinski definition) is 5. The van der Waals surface area contributed by atoms with Gasteiger partial charge < -0.3 is 10.2 Å². The molecule has 162 valence electrons. The highest BCUT2D eigenvalue weighted by atomic mass is 32.1. The lowest BCUT2D eigenvalue weighted by molar-refractivity contribution is 0.0702. The molecule has 0 spiro atoms. The molecule has 2 aromatic carbocycles. The first-order valence-electron chi connectivity index (χ1n) is 9.86. The van der Waals surface area contributed by atoms with Crippen LogP contribution in [0.4, 0.5) is 0 Å². The summed E-state index contributed by atoms with van der Waals surface area (Å²) in [5, 5.41) is 25.1.